The zero-order chi connectivity index (χ0) is 18.1. The van der Waals surface area contributed by atoms with E-state index in [0.29, 0.717) is 17.9 Å². The summed E-state index contributed by atoms with van der Waals surface area (Å²) in [6.07, 6.45) is 9.97. The van der Waals surface area contributed by atoms with Crippen molar-refractivity contribution in [3.8, 4) is 11.4 Å². The molecule has 0 spiro atoms. The lowest BCUT2D eigenvalue weighted by atomic mass is 9.95. The lowest BCUT2D eigenvalue weighted by Gasteiger charge is -2.24. The van der Waals surface area contributed by atoms with Crippen LogP contribution in [0.25, 0.3) is 11.4 Å². The fourth-order valence-electron chi connectivity index (χ4n) is 3.60. The van der Waals surface area contributed by atoms with Crippen LogP contribution >= 0.6 is 11.6 Å². The standard InChI is InChI=1S/C18H18ClN5O2/c19-17-20-9-12(10-21-17)11-23-8-4-7-14-15(23)22-18(26)24(16(14)25)13-5-2-1-3-6-13/h4,7-10,13H,1-3,5-6,11H2. The molecule has 4 rings (SSSR count). The Morgan fingerprint density at radius 3 is 2.58 bits per heavy atom. The van der Waals surface area contributed by atoms with Crippen molar-refractivity contribution < 1.29 is 0 Å². The van der Waals surface area contributed by atoms with Gasteiger partial charge in [0.05, 0.1) is 12.1 Å². The van der Waals surface area contributed by atoms with Gasteiger partial charge in [0.25, 0.3) is 5.56 Å². The van der Waals surface area contributed by atoms with Gasteiger partial charge in [-0.25, -0.2) is 14.8 Å². The lowest BCUT2D eigenvalue weighted by Crippen LogP contribution is -2.41. The minimum atomic E-state index is -0.471. The van der Waals surface area contributed by atoms with Gasteiger partial charge in [0.2, 0.25) is 5.28 Å². The van der Waals surface area contributed by atoms with Gasteiger partial charge in [-0.05, 0) is 36.6 Å². The normalized spacial score (nSPS) is 15.4. The topological polar surface area (TPSA) is 82.7 Å². The maximum Gasteiger partial charge on any atom is 0.352 e. The molecule has 1 aliphatic carbocycles. The van der Waals surface area contributed by atoms with Crippen molar-refractivity contribution in [1.29, 1.82) is 0 Å². The molecule has 1 aromatic rings. The van der Waals surface area contributed by atoms with Crippen molar-refractivity contribution in [2.75, 3.05) is 0 Å². The van der Waals surface area contributed by atoms with E-state index in [9.17, 15) is 9.59 Å². The Balaban J connectivity index is 1.78. The highest BCUT2D eigenvalue weighted by Gasteiger charge is 2.23. The molecule has 0 saturated heterocycles. The van der Waals surface area contributed by atoms with E-state index in [-0.39, 0.29) is 16.9 Å². The molecule has 0 amide bonds. The molecule has 26 heavy (non-hydrogen) atoms. The predicted molar refractivity (Wildman–Crippen MR) is 97.6 cm³/mol. The fourth-order valence-corrected chi connectivity index (χ4v) is 3.70. The highest BCUT2D eigenvalue weighted by atomic mass is 35.5. The Morgan fingerprint density at radius 1 is 1.12 bits per heavy atom. The third kappa shape index (κ3) is 3.14. The van der Waals surface area contributed by atoms with E-state index in [1.54, 1.807) is 35.3 Å². The van der Waals surface area contributed by atoms with E-state index in [0.717, 1.165) is 37.7 Å². The number of nitrogens with zero attached hydrogens (tertiary/aromatic N) is 5. The van der Waals surface area contributed by atoms with Crippen LogP contribution in [-0.4, -0.2) is 24.1 Å². The molecular formula is C18H18ClN5O2. The zero-order valence-corrected chi connectivity index (χ0v) is 14.9. The highest BCUT2D eigenvalue weighted by molar-refractivity contribution is 6.28. The smallest absolute Gasteiger partial charge is 0.328 e. The van der Waals surface area contributed by atoms with E-state index in [4.69, 9.17) is 11.6 Å². The van der Waals surface area contributed by atoms with E-state index in [1.807, 2.05) is 0 Å². The fraction of sp³-hybridized carbons (Fsp3) is 0.389. The van der Waals surface area contributed by atoms with Crippen LogP contribution in [0.2, 0.25) is 5.28 Å². The molecule has 3 heterocycles. The van der Waals surface area contributed by atoms with Crippen molar-refractivity contribution in [2.45, 2.75) is 44.7 Å². The Morgan fingerprint density at radius 2 is 1.85 bits per heavy atom. The largest absolute Gasteiger partial charge is 0.352 e. The average molecular weight is 372 g/mol. The minimum absolute atomic E-state index is 0.0426. The third-order valence-electron chi connectivity index (χ3n) is 4.87. The molecule has 1 fully saturated rings. The molecule has 0 bridgehead atoms. The highest BCUT2D eigenvalue weighted by Crippen LogP contribution is 2.26. The molecule has 134 valence electrons. The second-order valence-corrected chi connectivity index (χ2v) is 6.93. The number of fused-ring (bicyclic) bond motifs is 1. The van der Waals surface area contributed by atoms with Gasteiger partial charge in [-0.15, -0.1) is 0 Å². The summed E-state index contributed by atoms with van der Waals surface area (Å²) in [6, 6.07) is 3.47. The van der Waals surface area contributed by atoms with Crippen LogP contribution in [-0.2, 0) is 6.54 Å². The maximum atomic E-state index is 13.0. The predicted octanol–water partition coefficient (Wildman–Crippen LogP) is 2.51. The summed E-state index contributed by atoms with van der Waals surface area (Å²) in [5, 5.41) is 0.173. The van der Waals surface area contributed by atoms with Crippen LogP contribution in [0.15, 0.2) is 40.3 Å². The molecule has 0 radical (unpaired) electrons. The number of pyridine rings is 1. The number of halogens is 1. The molecule has 2 aliphatic heterocycles. The molecule has 1 saturated carbocycles. The number of hydrogen-bond acceptors (Lipinski definition) is 5. The van der Waals surface area contributed by atoms with Crippen LogP contribution in [0, 0.1) is 0 Å². The molecule has 8 heteroatoms. The Bertz CT molecular complexity index is 1010. The Kier molecular flexibility index (Phi) is 4.55. The van der Waals surface area contributed by atoms with Gasteiger partial charge in [0, 0.05) is 30.2 Å². The monoisotopic (exact) mass is 371 g/mol. The van der Waals surface area contributed by atoms with Crippen LogP contribution in [0.4, 0.5) is 0 Å². The maximum absolute atomic E-state index is 13.0. The molecular weight excluding hydrogens is 354 g/mol. The zero-order valence-electron chi connectivity index (χ0n) is 14.1. The quantitative estimate of drug-likeness (QED) is 0.660. The average Bonchev–Trinajstić information content (AvgIpc) is 2.65. The van der Waals surface area contributed by atoms with Gasteiger partial charge >= 0.3 is 5.69 Å². The van der Waals surface area contributed by atoms with E-state index < -0.39 is 5.69 Å². The lowest BCUT2D eigenvalue weighted by molar-refractivity contribution is 0.336. The minimum Gasteiger partial charge on any atom is -0.328 e. The number of rotatable bonds is 3. The first-order chi connectivity index (χ1) is 12.6. The molecule has 0 N–H and O–H groups in total. The van der Waals surface area contributed by atoms with Crippen molar-refractivity contribution in [3.63, 3.8) is 0 Å². The van der Waals surface area contributed by atoms with E-state index >= 15 is 0 Å². The van der Waals surface area contributed by atoms with Crippen molar-refractivity contribution in [3.05, 3.63) is 62.4 Å². The van der Waals surface area contributed by atoms with Crippen molar-refractivity contribution in [2.24, 2.45) is 0 Å². The van der Waals surface area contributed by atoms with Crippen LogP contribution < -0.4 is 11.2 Å². The van der Waals surface area contributed by atoms with Gasteiger partial charge in [0.15, 0.2) is 5.82 Å². The van der Waals surface area contributed by atoms with Gasteiger partial charge in [-0.1, -0.05) is 19.3 Å². The molecule has 3 aliphatic rings. The SMILES string of the molecule is O=c1nc2n(Cc3cnc(Cl)nc3)cccc-2c(=O)n1C1CCCCC1. The molecule has 7 nitrogen and oxygen atoms in total. The first-order valence-corrected chi connectivity index (χ1v) is 9.09. The molecule has 1 aromatic heterocycles. The molecule has 0 aromatic carbocycles. The van der Waals surface area contributed by atoms with Crippen LogP contribution in [0.3, 0.4) is 0 Å². The van der Waals surface area contributed by atoms with Crippen LogP contribution in [0.5, 0.6) is 0 Å². The van der Waals surface area contributed by atoms with E-state index in [2.05, 4.69) is 15.0 Å². The van der Waals surface area contributed by atoms with Crippen molar-refractivity contribution >= 4 is 11.6 Å². The summed E-state index contributed by atoms with van der Waals surface area (Å²) in [5.41, 5.74) is 0.528. The first kappa shape index (κ1) is 16.9. The second-order valence-electron chi connectivity index (χ2n) is 6.60. The van der Waals surface area contributed by atoms with Crippen molar-refractivity contribution in [1.82, 2.24) is 24.1 Å². The van der Waals surface area contributed by atoms with Gasteiger partial charge < -0.3 is 4.57 Å². The Hall–Kier alpha value is -2.54. The van der Waals surface area contributed by atoms with Gasteiger partial charge in [0.1, 0.15) is 0 Å². The van der Waals surface area contributed by atoms with Gasteiger partial charge in [-0.2, -0.15) is 4.98 Å². The second kappa shape index (κ2) is 6.99. The summed E-state index contributed by atoms with van der Waals surface area (Å²) in [5.74, 6) is 0.379. The third-order valence-corrected chi connectivity index (χ3v) is 5.06. The van der Waals surface area contributed by atoms with Crippen LogP contribution in [0.1, 0.15) is 43.7 Å². The van der Waals surface area contributed by atoms with Gasteiger partial charge in [-0.3, -0.25) is 9.36 Å². The summed E-state index contributed by atoms with van der Waals surface area (Å²) < 4.78 is 3.10. The van der Waals surface area contributed by atoms with E-state index in [1.165, 1.54) is 4.57 Å². The summed E-state index contributed by atoms with van der Waals surface area (Å²) in [7, 11) is 0. The number of aromatic nitrogens is 5. The Labute approximate surface area is 154 Å². The first-order valence-electron chi connectivity index (χ1n) is 8.71. The number of hydrogen-bond donors (Lipinski definition) is 0. The summed E-state index contributed by atoms with van der Waals surface area (Å²) in [6.45, 7) is 0.397. The molecule has 0 unspecified atom stereocenters. The summed E-state index contributed by atoms with van der Waals surface area (Å²) in [4.78, 5) is 37.7. The molecule has 0 atom stereocenters. The summed E-state index contributed by atoms with van der Waals surface area (Å²) >= 11 is 5.72.